The molecule has 0 spiro atoms. The Balaban J connectivity index is 2.01. The molecule has 2 rings (SSSR count). The van der Waals surface area contributed by atoms with Crippen molar-refractivity contribution in [3.05, 3.63) is 18.2 Å². The van der Waals surface area contributed by atoms with Crippen molar-refractivity contribution in [2.75, 3.05) is 36.1 Å². The number of aliphatic hydroxyl groups is 1. The molecule has 0 radical (unpaired) electrons. The van der Waals surface area contributed by atoms with E-state index in [2.05, 4.69) is 5.32 Å². The Morgan fingerprint density at radius 3 is 2.73 bits per heavy atom. The number of benzene rings is 1. The Morgan fingerprint density at radius 2 is 2.09 bits per heavy atom. The van der Waals surface area contributed by atoms with E-state index in [9.17, 15) is 4.79 Å². The van der Waals surface area contributed by atoms with Gasteiger partial charge in [-0.05, 0) is 37.5 Å². The SMILES string of the molecule is CN(C(=O)C1CCCCC1)c1ccc(NCCCO)c(N)c1. The van der Waals surface area contributed by atoms with E-state index in [1.54, 1.807) is 4.90 Å². The van der Waals surface area contributed by atoms with Gasteiger partial charge in [-0.15, -0.1) is 0 Å². The van der Waals surface area contributed by atoms with Crippen molar-refractivity contribution < 1.29 is 9.90 Å². The lowest BCUT2D eigenvalue weighted by atomic mass is 9.88. The van der Waals surface area contributed by atoms with Crippen molar-refractivity contribution in [1.82, 2.24) is 0 Å². The van der Waals surface area contributed by atoms with Crippen LogP contribution in [0.1, 0.15) is 38.5 Å². The lowest BCUT2D eigenvalue weighted by molar-refractivity contribution is -0.123. The number of carbonyl (C=O) groups excluding carboxylic acids is 1. The fourth-order valence-corrected chi connectivity index (χ4v) is 2.97. The number of hydrogen-bond donors (Lipinski definition) is 3. The van der Waals surface area contributed by atoms with Crippen molar-refractivity contribution in [2.45, 2.75) is 38.5 Å². The first-order valence-electron chi connectivity index (χ1n) is 8.15. The maximum atomic E-state index is 12.5. The van der Waals surface area contributed by atoms with E-state index < -0.39 is 0 Å². The van der Waals surface area contributed by atoms with Gasteiger partial charge in [0, 0.05) is 31.8 Å². The zero-order valence-electron chi connectivity index (χ0n) is 13.3. The topological polar surface area (TPSA) is 78.6 Å². The van der Waals surface area contributed by atoms with Gasteiger partial charge < -0.3 is 21.1 Å². The van der Waals surface area contributed by atoms with Crippen LogP contribution in [0.15, 0.2) is 18.2 Å². The van der Waals surface area contributed by atoms with Crippen molar-refractivity contribution in [3.63, 3.8) is 0 Å². The van der Waals surface area contributed by atoms with E-state index in [1.807, 2.05) is 25.2 Å². The monoisotopic (exact) mass is 305 g/mol. The molecule has 0 bridgehead atoms. The highest BCUT2D eigenvalue weighted by Gasteiger charge is 2.24. The molecule has 0 atom stereocenters. The van der Waals surface area contributed by atoms with E-state index in [0.29, 0.717) is 18.7 Å². The first kappa shape index (κ1) is 16.6. The van der Waals surface area contributed by atoms with Crippen LogP contribution in [0.3, 0.4) is 0 Å². The lowest BCUT2D eigenvalue weighted by Gasteiger charge is -2.27. The minimum Gasteiger partial charge on any atom is -0.397 e. The molecule has 4 N–H and O–H groups in total. The number of nitrogens with one attached hydrogen (secondary N) is 1. The zero-order chi connectivity index (χ0) is 15.9. The number of carbonyl (C=O) groups is 1. The number of aliphatic hydroxyl groups excluding tert-OH is 1. The van der Waals surface area contributed by atoms with Crippen LogP contribution in [0.4, 0.5) is 17.1 Å². The fourth-order valence-electron chi connectivity index (χ4n) is 2.97. The van der Waals surface area contributed by atoms with Crippen molar-refractivity contribution in [3.8, 4) is 0 Å². The third-order valence-electron chi connectivity index (χ3n) is 4.36. The highest BCUT2D eigenvalue weighted by Crippen LogP contribution is 2.29. The largest absolute Gasteiger partial charge is 0.397 e. The molecule has 5 heteroatoms. The predicted molar refractivity (Wildman–Crippen MR) is 91.0 cm³/mol. The Morgan fingerprint density at radius 1 is 1.36 bits per heavy atom. The Labute approximate surface area is 132 Å². The molecule has 1 aromatic carbocycles. The van der Waals surface area contributed by atoms with Gasteiger partial charge >= 0.3 is 0 Å². The van der Waals surface area contributed by atoms with Crippen LogP contribution in [0.25, 0.3) is 0 Å². The number of hydrogen-bond acceptors (Lipinski definition) is 4. The number of anilines is 3. The molecule has 5 nitrogen and oxygen atoms in total. The minimum absolute atomic E-state index is 0.155. The average Bonchev–Trinajstić information content (AvgIpc) is 2.56. The van der Waals surface area contributed by atoms with E-state index in [1.165, 1.54) is 6.42 Å². The summed E-state index contributed by atoms with van der Waals surface area (Å²) in [6.07, 6.45) is 6.23. The van der Waals surface area contributed by atoms with Crippen molar-refractivity contribution in [2.24, 2.45) is 5.92 Å². The van der Waals surface area contributed by atoms with Crippen LogP contribution in [0.2, 0.25) is 0 Å². The van der Waals surface area contributed by atoms with Gasteiger partial charge in [0.05, 0.1) is 11.4 Å². The first-order valence-corrected chi connectivity index (χ1v) is 8.15. The van der Waals surface area contributed by atoms with Gasteiger partial charge in [0.25, 0.3) is 0 Å². The molecule has 1 aromatic rings. The summed E-state index contributed by atoms with van der Waals surface area (Å²) in [5, 5.41) is 12.0. The molecule has 1 amide bonds. The second kappa shape index (κ2) is 8.03. The number of nitrogen functional groups attached to an aromatic ring is 1. The van der Waals surface area contributed by atoms with Gasteiger partial charge in [-0.25, -0.2) is 0 Å². The smallest absolute Gasteiger partial charge is 0.229 e. The Kier molecular flexibility index (Phi) is 6.07. The molecule has 0 aliphatic heterocycles. The molecular weight excluding hydrogens is 278 g/mol. The molecular formula is C17H27N3O2. The number of rotatable bonds is 6. The molecule has 22 heavy (non-hydrogen) atoms. The van der Waals surface area contributed by atoms with Crippen LogP contribution < -0.4 is 16.0 Å². The zero-order valence-corrected chi connectivity index (χ0v) is 13.3. The summed E-state index contributed by atoms with van der Waals surface area (Å²) in [5.41, 5.74) is 8.36. The highest BCUT2D eigenvalue weighted by atomic mass is 16.3. The van der Waals surface area contributed by atoms with Crippen LogP contribution in [-0.2, 0) is 4.79 Å². The molecule has 1 saturated carbocycles. The third kappa shape index (κ3) is 4.13. The highest BCUT2D eigenvalue weighted by molar-refractivity contribution is 5.95. The van der Waals surface area contributed by atoms with Crippen LogP contribution in [0.5, 0.6) is 0 Å². The van der Waals surface area contributed by atoms with Gasteiger partial charge in [-0.2, -0.15) is 0 Å². The standard InChI is InChI=1S/C17H27N3O2/c1-20(17(22)13-6-3-2-4-7-13)14-8-9-16(15(18)12-14)19-10-5-11-21/h8-9,12-13,19,21H,2-7,10-11,18H2,1H3. The van der Waals surface area contributed by atoms with Crippen LogP contribution in [0, 0.1) is 5.92 Å². The van der Waals surface area contributed by atoms with Crippen LogP contribution in [-0.4, -0.2) is 31.2 Å². The molecule has 1 aliphatic rings. The molecule has 0 heterocycles. The van der Waals surface area contributed by atoms with Crippen molar-refractivity contribution in [1.29, 1.82) is 0 Å². The van der Waals surface area contributed by atoms with E-state index >= 15 is 0 Å². The lowest BCUT2D eigenvalue weighted by Crippen LogP contribution is -2.34. The number of nitrogens with two attached hydrogens (primary N) is 1. The minimum atomic E-state index is 0.155. The van der Waals surface area contributed by atoms with E-state index in [4.69, 9.17) is 10.8 Å². The summed E-state index contributed by atoms with van der Waals surface area (Å²) in [7, 11) is 1.82. The second-order valence-corrected chi connectivity index (χ2v) is 6.01. The van der Waals surface area contributed by atoms with Gasteiger partial charge in [0.2, 0.25) is 5.91 Å². The molecule has 0 unspecified atom stereocenters. The maximum Gasteiger partial charge on any atom is 0.229 e. The van der Waals surface area contributed by atoms with Gasteiger partial charge in [-0.3, -0.25) is 4.79 Å². The van der Waals surface area contributed by atoms with E-state index in [0.717, 1.165) is 37.1 Å². The maximum absolute atomic E-state index is 12.5. The molecule has 122 valence electrons. The quantitative estimate of drug-likeness (QED) is 0.557. The van der Waals surface area contributed by atoms with Crippen molar-refractivity contribution >= 4 is 23.0 Å². The van der Waals surface area contributed by atoms with Crippen LogP contribution >= 0.6 is 0 Å². The number of amides is 1. The predicted octanol–water partition coefficient (Wildman–Crippen LogP) is 2.61. The summed E-state index contributed by atoms with van der Waals surface area (Å²) in [6, 6.07) is 5.65. The Bertz CT molecular complexity index is 499. The average molecular weight is 305 g/mol. The summed E-state index contributed by atoms with van der Waals surface area (Å²) >= 11 is 0. The second-order valence-electron chi connectivity index (χ2n) is 6.01. The summed E-state index contributed by atoms with van der Waals surface area (Å²) < 4.78 is 0. The van der Waals surface area contributed by atoms with Gasteiger partial charge in [-0.1, -0.05) is 19.3 Å². The normalized spacial score (nSPS) is 15.5. The first-order chi connectivity index (χ1) is 10.6. The molecule has 1 fully saturated rings. The summed E-state index contributed by atoms with van der Waals surface area (Å²) in [4.78, 5) is 14.3. The molecule has 0 aromatic heterocycles. The van der Waals surface area contributed by atoms with Gasteiger partial charge in [0.1, 0.15) is 0 Å². The fraction of sp³-hybridized carbons (Fsp3) is 0.588. The molecule has 0 saturated heterocycles. The third-order valence-corrected chi connectivity index (χ3v) is 4.36. The Hall–Kier alpha value is -1.75. The van der Waals surface area contributed by atoms with Gasteiger partial charge in [0.15, 0.2) is 0 Å². The number of nitrogens with zero attached hydrogens (tertiary/aromatic N) is 1. The summed E-state index contributed by atoms with van der Waals surface area (Å²) in [5.74, 6) is 0.349. The summed E-state index contributed by atoms with van der Waals surface area (Å²) in [6.45, 7) is 0.834. The van der Waals surface area contributed by atoms with E-state index in [-0.39, 0.29) is 18.4 Å². The molecule has 1 aliphatic carbocycles.